The van der Waals surface area contributed by atoms with Crippen molar-refractivity contribution < 1.29 is 29.3 Å². The normalized spacial score (nSPS) is 22.5. The Balaban J connectivity index is 1.42. The molecule has 0 unspecified atom stereocenters. The summed E-state index contributed by atoms with van der Waals surface area (Å²) in [5, 5.41) is 28.4. The molecule has 1 aliphatic rings. The first-order chi connectivity index (χ1) is 15.0. The number of aliphatic hydroxyl groups is 2. The number of aliphatic hydroxyl groups excluding tert-OH is 2. The summed E-state index contributed by atoms with van der Waals surface area (Å²) in [6.45, 7) is 0.305. The maximum atomic E-state index is 12.2. The number of methoxy groups -OCH3 is 1. The highest BCUT2D eigenvalue weighted by atomic mass is 16.5. The van der Waals surface area contributed by atoms with Crippen molar-refractivity contribution >= 4 is 17.6 Å². The average Bonchev–Trinajstić information content (AvgIpc) is 3.05. The van der Waals surface area contributed by atoms with Crippen LogP contribution in [0.15, 0.2) is 54.6 Å². The van der Waals surface area contributed by atoms with Crippen LogP contribution in [0.5, 0.6) is 5.75 Å². The monoisotopic (exact) mass is 429 g/mol. The van der Waals surface area contributed by atoms with Gasteiger partial charge in [-0.05, 0) is 29.8 Å². The van der Waals surface area contributed by atoms with E-state index < -0.39 is 30.4 Å². The van der Waals surface area contributed by atoms with Crippen molar-refractivity contribution in [3.63, 3.8) is 0 Å². The van der Waals surface area contributed by atoms with E-state index in [0.29, 0.717) is 12.2 Å². The van der Waals surface area contributed by atoms with Crippen LogP contribution in [-0.4, -0.2) is 60.2 Å². The van der Waals surface area contributed by atoms with Gasteiger partial charge < -0.3 is 35.6 Å². The van der Waals surface area contributed by atoms with Gasteiger partial charge in [-0.2, -0.15) is 0 Å². The molecule has 4 atom stereocenters. The lowest BCUT2D eigenvalue weighted by molar-refractivity contribution is -0.125. The molecule has 3 amide bonds. The van der Waals surface area contributed by atoms with Crippen LogP contribution in [0, 0.1) is 0 Å². The molecule has 5 N–H and O–H groups in total. The maximum Gasteiger partial charge on any atom is 0.319 e. The number of amides is 3. The fourth-order valence-electron chi connectivity index (χ4n) is 3.25. The Morgan fingerprint density at radius 1 is 0.968 bits per heavy atom. The third-order valence-electron chi connectivity index (χ3n) is 4.99. The number of rotatable bonds is 8. The van der Waals surface area contributed by atoms with Gasteiger partial charge in [0, 0.05) is 18.8 Å². The topological polar surface area (TPSA) is 129 Å². The molecule has 3 rings (SSSR count). The summed E-state index contributed by atoms with van der Waals surface area (Å²) in [5.74, 6) is 0.408. The van der Waals surface area contributed by atoms with Gasteiger partial charge in [-0.1, -0.05) is 30.3 Å². The van der Waals surface area contributed by atoms with E-state index in [2.05, 4.69) is 16.0 Å². The minimum Gasteiger partial charge on any atom is -0.497 e. The Morgan fingerprint density at radius 2 is 1.65 bits per heavy atom. The number of anilines is 1. The largest absolute Gasteiger partial charge is 0.497 e. The van der Waals surface area contributed by atoms with Crippen LogP contribution < -0.4 is 20.7 Å². The molecule has 1 fully saturated rings. The van der Waals surface area contributed by atoms with E-state index in [0.717, 1.165) is 11.3 Å². The molecule has 1 saturated heterocycles. The quantitative estimate of drug-likeness (QED) is 0.426. The highest BCUT2D eigenvalue weighted by molar-refractivity contribution is 5.89. The summed E-state index contributed by atoms with van der Waals surface area (Å²) < 4.78 is 10.7. The third kappa shape index (κ3) is 6.42. The van der Waals surface area contributed by atoms with Gasteiger partial charge in [0.25, 0.3) is 0 Å². The van der Waals surface area contributed by atoms with Gasteiger partial charge in [0.15, 0.2) is 0 Å². The Hall–Kier alpha value is -3.14. The van der Waals surface area contributed by atoms with Crippen molar-refractivity contribution in [3.05, 3.63) is 60.2 Å². The van der Waals surface area contributed by atoms with Gasteiger partial charge in [-0.15, -0.1) is 0 Å². The first-order valence-corrected chi connectivity index (χ1v) is 9.97. The second-order valence-corrected chi connectivity index (χ2v) is 7.22. The molecule has 0 aliphatic carbocycles. The van der Waals surface area contributed by atoms with Crippen LogP contribution in [0.1, 0.15) is 12.0 Å². The fourth-order valence-corrected chi connectivity index (χ4v) is 3.25. The molecule has 1 aliphatic heterocycles. The summed E-state index contributed by atoms with van der Waals surface area (Å²) in [5.41, 5.74) is 1.52. The predicted molar refractivity (Wildman–Crippen MR) is 114 cm³/mol. The molecular weight excluding hydrogens is 402 g/mol. The summed E-state index contributed by atoms with van der Waals surface area (Å²) in [7, 11) is 1.58. The number of carbonyl (C=O) groups is 2. The van der Waals surface area contributed by atoms with Gasteiger partial charge >= 0.3 is 6.03 Å². The van der Waals surface area contributed by atoms with E-state index in [-0.39, 0.29) is 18.9 Å². The molecular formula is C22H27N3O6. The minimum absolute atomic E-state index is 0.0130. The Morgan fingerprint density at radius 3 is 2.32 bits per heavy atom. The Labute approximate surface area is 180 Å². The average molecular weight is 429 g/mol. The molecule has 0 saturated carbocycles. The smallest absolute Gasteiger partial charge is 0.319 e. The van der Waals surface area contributed by atoms with Crippen LogP contribution in [0.3, 0.4) is 0 Å². The third-order valence-corrected chi connectivity index (χ3v) is 4.99. The van der Waals surface area contributed by atoms with Crippen LogP contribution in [0.2, 0.25) is 0 Å². The van der Waals surface area contributed by atoms with Crippen molar-refractivity contribution in [3.8, 4) is 5.75 Å². The zero-order valence-electron chi connectivity index (χ0n) is 17.2. The molecule has 0 bridgehead atoms. The molecule has 9 heteroatoms. The minimum atomic E-state index is -1.23. The molecule has 2 aromatic rings. The Bertz CT molecular complexity index is 861. The predicted octanol–water partition coefficient (Wildman–Crippen LogP) is 1.01. The van der Waals surface area contributed by atoms with E-state index in [9.17, 15) is 19.8 Å². The van der Waals surface area contributed by atoms with Crippen molar-refractivity contribution in [1.29, 1.82) is 0 Å². The number of benzene rings is 2. The molecule has 0 spiro atoms. The van der Waals surface area contributed by atoms with Gasteiger partial charge in [0.2, 0.25) is 5.91 Å². The van der Waals surface area contributed by atoms with E-state index in [1.807, 2.05) is 18.2 Å². The molecule has 1 heterocycles. The number of hydrogen-bond donors (Lipinski definition) is 5. The van der Waals surface area contributed by atoms with Crippen molar-refractivity contribution in [2.24, 2.45) is 0 Å². The van der Waals surface area contributed by atoms with Crippen LogP contribution in [-0.2, 0) is 16.1 Å². The highest BCUT2D eigenvalue weighted by Crippen LogP contribution is 2.23. The van der Waals surface area contributed by atoms with E-state index in [1.54, 1.807) is 43.5 Å². The molecule has 166 valence electrons. The van der Waals surface area contributed by atoms with Gasteiger partial charge in [-0.25, -0.2) is 4.79 Å². The Kier molecular flexibility index (Phi) is 7.82. The van der Waals surface area contributed by atoms with Crippen molar-refractivity contribution in [1.82, 2.24) is 10.6 Å². The van der Waals surface area contributed by atoms with Crippen LogP contribution >= 0.6 is 0 Å². The van der Waals surface area contributed by atoms with Gasteiger partial charge in [0.1, 0.15) is 24.1 Å². The number of carbonyl (C=O) groups excluding carboxylic acids is 2. The number of para-hydroxylation sites is 1. The standard InChI is InChI=1S/C22H27N3O6/c1-30-16-9-7-14(8-10-16)12-23-19(26)11-17-20(27)21(28)18(31-17)13-24-22(29)25-15-5-3-2-4-6-15/h2-10,17-18,20-21,27-28H,11-13H2,1H3,(H,23,26)(H2,24,25,29)/t17-,18+,20-,21+/m0/s1. The van der Waals surface area contributed by atoms with Crippen molar-refractivity contribution in [2.75, 3.05) is 19.0 Å². The lowest BCUT2D eigenvalue weighted by Gasteiger charge is -2.15. The SMILES string of the molecule is COc1ccc(CNC(=O)C[C@@H]2O[C@H](CNC(=O)Nc3ccccc3)[C@@H](O)[C@H]2O)cc1. The first kappa shape index (κ1) is 22.5. The second kappa shape index (κ2) is 10.8. The summed E-state index contributed by atoms with van der Waals surface area (Å²) in [4.78, 5) is 24.2. The molecule has 9 nitrogen and oxygen atoms in total. The molecule has 0 aromatic heterocycles. The van der Waals surface area contributed by atoms with Gasteiger partial charge in [-0.3, -0.25) is 4.79 Å². The first-order valence-electron chi connectivity index (χ1n) is 9.97. The highest BCUT2D eigenvalue weighted by Gasteiger charge is 2.43. The maximum absolute atomic E-state index is 12.2. The van der Waals surface area contributed by atoms with Crippen molar-refractivity contribution in [2.45, 2.75) is 37.4 Å². The zero-order valence-corrected chi connectivity index (χ0v) is 17.2. The van der Waals surface area contributed by atoms with Crippen LogP contribution in [0.25, 0.3) is 0 Å². The zero-order chi connectivity index (χ0) is 22.2. The van der Waals surface area contributed by atoms with Crippen LogP contribution in [0.4, 0.5) is 10.5 Å². The number of ether oxygens (including phenoxy) is 2. The lowest BCUT2D eigenvalue weighted by atomic mass is 10.1. The summed E-state index contributed by atoms with van der Waals surface area (Å²) in [6.07, 6.45) is -4.24. The van der Waals surface area contributed by atoms with E-state index >= 15 is 0 Å². The number of nitrogens with one attached hydrogen (secondary N) is 3. The van der Waals surface area contributed by atoms with E-state index in [1.165, 1.54) is 0 Å². The van der Waals surface area contributed by atoms with E-state index in [4.69, 9.17) is 9.47 Å². The molecule has 2 aromatic carbocycles. The number of hydrogen-bond acceptors (Lipinski definition) is 6. The fraction of sp³-hybridized carbons (Fsp3) is 0.364. The molecule has 0 radical (unpaired) electrons. The summed E-state index contributed by atoms with van der Waals surface area (Å²) >= 11 is 0. The molecule has 31 heavy (non-hydrogen) atoms. The second-order valence-electron chi connectivity index (χ2n) is 7.22. The summed E-state index contributed by atoms with van der Waals surface area (Å²) in [6, 6.07) is 15.7. The van der Waals surface area contributed by atoms with Gasteiger partial charge in [0.05, 0.1) is 19.6 Å². The number of urea groups is 1. The lowest BCUT2D eigenvalue weighted by Crippen LogP contribution is -2.41.